The van der Waals surface area contributed by atoms with Crippen LogP contribution in [0.1, 0.15) is 116 Å². The normalized spacial score (nSPS) is 21.9. The summed E-state index contributed by atoms with van der Waals surface area (Å²) in [4.78, 5) is 74.3. The SMILES string of the molecule is CCCCCCC(=O)CCCCCC/C=C/C[C@@H](O)[C@H](O)[C@](CO)(NC(=O)OCOC(=O)C1CCC(CN2C(=O)CC(S)C2=O)CC1)C(=O)O. The van der Waals surface area contributed by atoms with E-state index in [4.69, 9.17) is 9.47 Å². The zero-order valence-electron chi connectivity index (χ0n) is 29.1. The number of nitrogens with one attached hydrogen (secondary N) is 1. The van der Waals surface area contributed by atoms with Crippen molar-refractivity contribution in [3.63, 3.8) is 0 Å². The van der Waals surface area contributed by atoms with Crippen molar-refractivity contribution in [1.82, 2.24) is 10.2 Å². The summed E-state index contributed by atoms with van der Waals surface area (Å²) in [6.45, 7) is 0.281. The van der Waals surface area contributed by atoms with Crippen molar-refractivity contribution >= 4 is 48.3 Å². The van der Waals surface area contributed by atoms with Gasteiger partial charge >= 0.3 is 18.0 Å². The first kappa shape index (κ1) is 43.2. The number of imide groups is 1. The molecular formula is C35H56N2O12S. The number of esters is 1. The van der Waals surface area contributed by atoms with Crippen LogP contribution < -0.4 is 5.32 Å². The van der Waals surface area contributed by atoms with Gasteiger partial charge in [0.25, 0.3) is 0 Å². The zero-order chi connectivity index (χ0) is 37.1. The average molecular weight is 729 g/mol. The smallest absolute Gasteiger partial charge is 0.411 e. The van der Waals surface area contributed by atoms with Crippen molar-refractivity contribution in [2.45, 2.75) is 139 Å². The van der Waals surface area contributed by atoms with Gasteiger partial charge in [0.15, 0.2) is 5.54 Å². The number of carboxylic acid groups (broad SMARTS) is 1. The Morgan fingerprint density at radius 2 is 1.60 bits per heavy atom. The summed E-state index contributed by atoms with van der Waals surface area (Å²) in [6.07, 6.45) is 9.97. The second-order valence-electron chi connectivity index (χ2n) is 13.4. The quantitative estimate of drug-likeness (QED) is 0.0210. The molecule has 3 amide bonds. The Balaban J connectivity index is 1.68. The first-order valence-corrected chi connectivity index (χ1v) is 18.4. The second kappa shape index (κ2) is 22.7. The topological polar surface area (TPSA) is 217 Å². The lowest BCUT2D eigenvalue weighted by Gasteiger charge is -2.34. The van der Waals surface area contributed by atoms with Crippen molar-refractivity contribution in [1.29, 1.82) is 0 Å². The fourth-order valence-corrected chi connectivity index (χ4v) is 6.55. The number of thiol groups is 1. The lowest BCUT2D eigenvalue weighted by molar-refractivity contribution is -0.162. The van der Waals surface area contributed by atoms with Crippen LogP contribution in [0.4, 0.5) is 4.79 Å². The number of hydrogen-bond acceptors (Lipinski definition) is 12. The second-order valence-corrected chi connectivity index (χ2v) is 14.0. The third-order valence-corrected chi connectivity index (χ3v) is 9.89. The van der Waals surface area contributed by atoms with Gasteiger partial charge in [-0.2, -0.15) is 12.6 Å². The number of hydrogen-bond donors (Lipinski definition) is 6. The molecule has 5 N–H and O–H groups in total. The highest BCUT2D eigenvalue weighted by Gasteiger charge is 2.50. The monoisotopic (exact) mass is 728 g/mol. The molecule has 284 valence electrons. The lowest BCUT2D eigenvalue weighted by Crippen LogP contribution is -2.67. The van der Waals surface area contributed by atoms with Gasteiger partial charge < -0.3 is 35.2 Å². The Labute approximate surface area is 299 Å². The highest BCUT2D eigenvalue weighted by Crippen LogP contribution is 2.32. The maximum Gasteiger partial charge on any atom is 0.411 e. The zero-order valence-corrected chi connectivity index (χ0v) is 30.0. The number of alkyl carbamates (subject to hydrolysis) is 1. The molecule has 1 aliphatic carbocycles. The van der Waals surface area contributed by atoms with Gasteiger partial charge in [-0.3, -0.25) is 24.1 Å². The minimum atomic E-state index is -2.70. The number of allylic oxidation sites excluding steroid dienone is 1. The van der Waals surface area contributed by atoms with E-state index in [2.05, 4.69) is 19.6 Å². The first-order chi connectivity index (χ1) is 23.9. The van der Waals surface area contributed by atoms with Crippen LogP contribution in [-0.4, -0.2) is 104 Å². The summed E-state index contributed by atoms with van der Waals surface area (Å²) in [5.74, 6) is -3.18. The van der Waals surface area contributed by atoms with Gasteiger partial charge in [-0.05, 0) is 63.7 Å². The molecule has 4 atom stereocenters. The molecule has 1 saturated heterocycles. The first-order valence-electron chi connectivity index (χ1n) is 17.9. The molecule has 0 spiro atoms. The Kier molecular flexibility index (Phi) is 19.6. The summed E-state index contributed by atoms with van der Waals surface area (Å²) < 4.78 is 9.82. The number of rotatable bonds is 24. The van der Waals surface area contributed by atoms with Crippen LogP contribution in [-0.2, 0) is 33.4 Å². The number of aliphatic carboxylic acids is 1. The number of aliphatic hydroxyl groups excluding tert-OH is 3. The summed E-state index contributed by atoms with van der Waals surface area (Å²) in [5.41, 5.74) is -2.70. The van der Waals surface area contributed by atoms with E-state index in [1.165, 1.54) is 4.90 Å². The van der Waals surface area contributed by atoms with Crippen LogP contribution in [0.5, 0.6) is 0 Å². The van der Waals surface area contributed by atoms with Gasteiger partial charge in [-0.15, -0.1) is 0 Å². The number of carbonyl (C=O) groups excluding carboxylic acids is 5. The highest BCUT2D eigenvalue weighted by molar-refractivity contribution is 7.81. The van der Waals surface area contributed by atoms with E-state index in [1.807, 2.05) is 5.32 Å². The number of amides is 3. The number of unbranched alkanes of at least 4 members (excludes halogenated alkanes) is 7. The molecule has 0 aromatic carbocycles. The van der Waals surface area contributed by atoms with Gasteiger partial charge in [0.2, 0.25) is 18.6 Å². The van der Waals surface area contributed by atoms with E-state index in [9.17, 15) is 49.2 Å². The van der Waals surface area contributed by atoms with Crippen molar-refractivity contribution in [2.75, 3.05) is 19.9 Å². The molecule has 2 fully saturated rings. The molecule has 1 heterocycles. The predicted molar refractivity (Wildman–Crippen MR) is 185 cm³/mol. The molecule has 2 rings (SSSR count). The van der Waals surface area contributed by atoms with Crippen LogP contribution in [0, 0.1) is 11.8 Å². The third kappa shape index (κ3) is 14.0. The molecule has 14 nitrogen and oxygen atoms in total. The van der Waals surface area contributed by atoms with E-state index in [1.54, 1.807) is 12.2 Å². The highest BCUT2D eigenvalue weighted by atomic mass is 32.1. The van der Waals surface area contributed by atoms with E-state index in [0.29, 0.717) is 50.7 Å². The van der Waals surface area contributed by atoms with E-state index in [0.717, 1.165) is 51.4 Å². The summed E-state index contributed by atoms with van der Waals surface area (Å²) >= 11 is 4.12. The fraction of sp³-hybridized carbons (Fsp3) is 0.771. The minimum Gasteiger partial charge on any atom is -0.479 e. The molecule has 0 aromatic heterocycles. The van der Waals surface area contributed by atoms with Crippen LogP contribution in [0.25, 0.3) is 0 Å². The standard InChI is InChI=1S/C35H56N2O12S/c1-2-3-4-10-13-26(39)14-11-8-6-5-7-9-12-15-27(40)30(42)35(22-38,33(45)46)36-34(47)49-23-48-32(44)25-18-16-24(17-19-25)21-37-29(41)20-28(50)31(37)43/h9,12,24-25,27-28,30,38,40,42,50H,2-8,10-11,13-23H2,1H3,(H,36,47)(H,45,46)/b12-9+/t24?,25?,27-,28?,30+,35+/m1/s1. The molecule has 1 aliphatic heterocycles. The number of nitrogens with zero attached hydrogens (tertiary/aromatic N) is 1. The van der Waals surface area contributed by atoms with Gasteiger partial charge in [0, 0.05) is 25.8 Å². The molecule has 1 unspecified atom stereocenters. The van der Waals surface area contributed by atoms with Crippen molar-refractivity contribution in [2.24, 2.45) is 11.8 Å². The number of likely N-dealkylation sites (tertiary alicyclic amines) is 1. The Hall–Kier alpha value is -3.01. The predicted octanol–water partition coefficient (Wildman–Crippen LogP) is 3.44. The molecule has 0 radical (unpaired) electrons. The van der Waals surface area contributed by atoms with Crippen molar-refractivity contribution < 1.29 is 58.7 Å². The number of carboxylic acids is 1. The fourth-order valence-electron chi connectivity index (χ4n) is 6.25. The summed E-state index contributed by atoms with van der Waals surface area (Å²) in [7, 11) is 0. The van der Waals surface area contributed by atoms with Crippen LogP contribution in [0.2, 0.25) is 0 Å². The molecule has 2 aliphatic rings. The number of ketones is 1. The maximum atomic E-state index is 12.5. The van der Waals surface area contributed by atoms with Gasteiger partial charge in [0.1, 0.15) is 11.9 Å². The maximum absolute atomic E-state index is 12.5. The molecular weight excluding hydrogens is 672 g/mol. The number of aliphatic hydroxyl groups is 3. The Morgan fingerprint density at radius 3 is 2.18 bits per heavy atom. The van der Waals surface area contributed by atoms with Crippen LogP contribution in [0.15, 0.2) is 12.2 Å². The molecule has 1 saturated carbocycles. The van der Waals surface area contributed by atoms with Crippen LogP contribution in [0.3, 0.4) is 0 Å². The molecule has 15 heteroatoms. The van der Waals surface area contributed by atoms with E-state index >= 15 is 0 Å². The third-order valence-electron chi connectivity index (χ3n) is 9.49. The summed E-state index contributed by atoms with van der Waals surface area (Å²) in [5, 5.41) is 42.1. The number of carbonyl (C=O) groups is 6. The van der Waals surface area contributed by atoms with Gasteiger partial charge in [-0.25, -0.2) is 9.59 Å². The van der Waals surface area contributed by atoms with Gasteiger partial charge in [0.05, 0.1) is 23.9 Å². The molecule has 0 aromatic rings. The Bertz CT molecular complexity index is 1160. The average Bonchev–Trinajstić information content (AvgIpc) is 3.33. The van der Waals surface area contributed by atoms with Gasteiger partial charge in [-0.1, -0.05) is 51.2 Å². The number of ether oxygens (including phenoxy) is 2. The summed E-state index contributed by atoms with van der Waals surface area (Å²) in [6, 6.07) is 0. The van der Waals surface area contributed by atoms with Crippen molar-refractivity contribution in [3.8, 4) is 0 Å². The lowest BCUT2D eigenvalue weighted by atomic mass is 9.82. The largest absolute Gasteiger partial charge is 0.479 e. The minimum absolute atomic E-state index is 0.0379. The van der Waals surface area contributed by atoms with Crippen LogP contribution >= 0.6 is 12.6 Å². The van der Waals surface area contributed by atoms with E-state index < -0.39 is 60.3 Å². The molecule has 0 bridgehead atoms. The molecule has 50 heavy (non-hydrogen) atoms. The number of Topliss-reactive ketones (excluding diaryl/α,β-unsaturated/α-hetero) is 1. The Morgan fingerprint density at radius 1 is 0.960 bits per heavy atom. The van der Waals surface area contributed by atoms with E-state index in [-0.39, 0.29) is 37.1 Å². The van der Waals surface area contributed by atoms with Crippen molar-refractivity contribution in [3.05, 3.63) is 12.2 Å².